The van der Waals surface area contributed by atoms with E-state index in [1.165, 1.54) is 18.3 Å². The number of amides is 1. The summed E-state index contributed by atoms with van der Waals surface area (Å²) in [6.45, 7) is 3.34. The van der Waals surface area contributed by atoms with E-state index in [1.807, 2.05) is 31.2 Å². The van der Waals surface area contributed by atoms with E-state index in [9.17, 15) is 4.79 Å². The van der Waals surface area contributed by atoms with Gasteiger partial charge in [0.25, 0.3) is 0 Å². The Kier molecular flexibility index (Phi) is 3.15. The predicted octanol–water partition coefficient (Wildman–Crippen LogP) is 3.02. The van der Waals surface area contributed by atoms with E-state index in [2.05, 4.69) is 20.3 Å². The molecule has 1 amide bonds. The Balaban J connectivity index is 2.04. The Labute approximate surface area is 119 Å². The molecule has 0 unspecified atom stereocenters. The van der Waals surface area contributed by atoms with Crippen molar-refractivity contribution in [2.75, 3.05) is 5.32 Å². The molecular formula is C14H12N4OS. The number of aromatic nitrogens is 3. The van der Waals surface area contributed by atoms with Crippen LogP contribution in [0, 0.1) is 6.92 Å². The molecule has 0 aliphatic rings. The van der Waals surface area contributed by atoms with Crippen molar-refractivity contribution < 1.29 is 4.79 Å². The van der Waals surface area contributed by atoms with Crippen LogP contribution in [0.3, 0.4) is 0 Å². The zero-order valence-electron chi connectivity index (χ0n) is 11.0. The Hall–Kier alpha value is -2.34. The molecule has 0 radical (unpaired) electrons. The van der Waals surface area contributed by atoms with Crippen molar-refractivity contribution >= 4 is 32.6 Å². The van der Waals surface area contributed by atoms with Crippen LogP contribution in [-0.2, 0) is 4.79 Å². The third-order valence-electron chi connectivity index (χ3n) is 2.74. The lowest BCUT2D eigenvalue weighted by atomic mass is 10.1. The maximum Gasteiger partial charge on any atom is 0.223 e. The Morgan fingerprint density at radius 1 is 1.25 bits per heavy atom. The molecule has 1 aromatic carbocycles. The molecule has 3 aromatic rings. The van der Waals surface area contributed by atoms with Gasteiger partial charge in [-0.15, -0.1) is 0 Å². The highest BCUT2D eigenvalue weighted by atomic mass is 32.1. The summed E-state index contributed by atoms with van der Waals surface area (Å²) >= 11 is 1.45. The summed E-state index contributed by atoms with van der Waals surface area (Å²) in [7, 11) is 0. The van der Waals surface area contributed by atoms with E-state index in [0.717, 1.165) is 27.3 Å². The van der Waals surface area contributed by atoms with Crippen LogP contribution < -0.4 is 5.32 Å². The van der Waals surface area contributed by atoms with Crippen LogP contribution in [0.15, 0.2) is 30.5 Å². The lowest BCUT2D eigenvalue weighted by Gasteiger charge is -2.00. The zero-order valence-corrected chi connectivity index (χ0v) is 11.9. The first-order valence-electron chi connectivity index (χ1n) is 6.10. The van der Waals surface area contributed by atoms with Gasteiger partial charge < -0.3 is 5.32 Å². The first kappa shape index (κ1) is 12.7. The summed E-state index contributed by atoms with van der Waals surface area (Å²) < 4.78 is 1.02. The van der Waals surface area contributed by atoms with Gasteiger partial charge in [-0.25, -0.2) is 15.0 Å². The number of thiazole rings is 1. The minimum atomic E-state index is -0.115. The van der Waals surface area contributed by atoms with Crippen molar-refractivity contribution in [2.24, 2.45) is 0 Å². The molecule has 0 saturated heterocycles. The highest BCUT2D eigenvalue weighted by Crippen LogP contribution is 2.29. The first-order chi connectivity index (χ1) is 9.61. The van der Waals surface area contributed by atoms with Crippen molar-refractivity contribution in [1.29, 1.82) is 0 Å². The van der Waals surface area contributed by atoms with Crippen LogP contribution in [0.25, 0.3) is 21.5 Å². The van der Waals surface area contributed by atoms with E-state index in [-0.39, 0.29) is 5.91 Å². The molecule has 0 atom stereocenters. The molecule has 0 saturated carbocycles. The molecule has 3 rings (SSSR count). The van der Waals surface area contributed by atoms with E-state index in [1.54, 1.807) is 6.20 Å². The molecule has 20 heavy (non-hydrogen) atoms. The largest absolute Gasteiger partial charge is 0.302 e. The van der Waals surface area contributed by atoms with E-state index in [0.29, 0.717) is 5.13 Å². The molecule has 0 aliphatic heterocycles. The van der Waals surface area contributed by atoms with Gasteiger partial charge >= 0.3 is 0 Å². The number of nitrogens with one attached hydrogen (secondary N) is 1. The number of benzene rings is 1. The Bertz CT molecular complexity index is 797. The lowest BCUT2D eigenvalue weighted by molar-refractivity contribution is -0.114. The third-order valence-corrected chi connectivity index (χ3v) is 3.68. The van der Waals surface area contributed by atoms with Crippen LogP contribution in [0.5, 0.6) is 0 Å². The van der Waals surface area contributed by atoms with Gasteiger partial charge in [-0.05, 0) is 25.1 Å². The van der Waals surface area contributed by atoms with Gasteiger partial charge in [-0.2, -0.15) is 0 Å². The minimum Gasteiger partial charge on any atom is -0.302 e. The first-order valence-corrected chi connectivity index (χ1v) is 6.92. The standard InChI is InChI=1S/C14H12N4OS/c1-8-15-6-5-11(16-8)10-3-4-12-13(7-10)20-14(18-12)17-9(2)19/h3-7H,1-2H3,(H,17,18,19). The summed E-state index contributed by atoms with van der Waals surface area (Å²) in [5, 5.41) is 3.32. The average molecular weight is 284 g/mol. The molecule has 0 fully saturated rings. The number of carbonyl (C=O) groups is 1. The number of fused-ring (bicyclic) bond motifs is 1. The van der Waals surface area contributed by atoms with Gasteiger partial charge in [-0.1, -0.05) is 17.4 Å². The Morgan fingerprint density at radius 3 is 2.85 bits per heavy atom. The van der Waals surface area contributed by atoms with E-state index < -0.39 is 0 Å². The number of carbonyl (C=O) groups excluding carboxylic acids is 1. The second kappa shape index (κ2) is 4.97. The summed E-state index contributed by atoms with van der Waals surface area (Å²) in [6, 6.07) is 7.81. The van der Waals surface area contributed by atoms with E-state index in [4.69, 9.17) is 0 Å². The van der Waals surface area contributed by atoms with Gasteiger partial charge in [0.1, 0.15) is 5.82 Å². The summed E-state index contributed by atoms with van der Waals surface area (Å²) in [6.07, 6.45) is 1.75. The summed E-state index contributed by atoms with van der Waals surface area (Å²) in [5.74, 6) is 0.626. The number of rotatable bonds is 2. The average Bonchev–Trinajstić information content (AvgIpc) is 2.78. The van der Waals surface area contributed by atoms with Crippen LogP contribution in [0.2, 0.25) is 0 Å². The second-order valence-corrected chi connectivity index (χ2v) is 5.40. The van der Waals surface area contributed by atoms with Crippen LogP contribution in [0.1, 0.15) is 12.7 Å². The topological polar surface area (TPSA) is 67.8 Å². The highest BCUT2D eigenvalue weighted by molar-refractivity contribution is 7.22. The predicted molar refractivity (Wildman–Crippen MR) is 79.7 cm³/mol. The maximum absolute atomic E-state index is 11.1. The smallest absolute Gasteiger partial charge is 0.223 e. The number of hydrogen-bond acceptors (Lipinski definition) is 5. The maximum atomic E-state index is 11.1. The summed E-state index contributed by atoms with van der Waals surface area (Å²) in [4.78, 5) is 23.9. The van der Waals surface area contributed by atoms with Crippen LogP contribution in [-0.4, -0.2) is 20.9 Å². The van der Waals surface area contributed by atoms with Gasteiger partial charge in [0.05, 0.1) is 15.9 Å². The molecule has 0 aliphatic carbocycles. The molecule has 100 valence electrons. The van der Waals surface area contributed by atoms with Gasteiger partial charge in [0.2, 0.25) is 5.91 Å². The van der Waals surface area contributed by atoms with Crippen LogP contribution >= 0.6 is 11.3 Å². The summed E-state index contributed by atoms with van der Waals surface area (Å²) in [5.41, 5.74) is 2.77. The fraction of sp³-hybridized carbons (Fsp3) is 0.143. The van der Waals surface area contributed by atoms with Crippen molar-refractivity contribution in [3.63, 3.8) is 0 Å². The molecule has 6 heteroatoms. The molecule has 2 heterocycles. The number of nitrogens with zero attached hydrogens (tertiary/aromatic N) is 3. The third kappa shape index (κ3) is 2.50. The fourth-order valence-electron chi connectivity index (χ4n) is 1.90. The number of hydrogen-bond donors (Lipinski definition) is 1. The minimum absolute atomic E-state index is 0.115. The van der Waals surface area contributed by atoms with Crippen LogP contribution in [0.4, 0.5) is 5.13 Å². The van der Waals surface area contributed by atoms with Crippen molar-refractivity contribution in [3.05, 3.63) is 36.3 Å². The highest BCUT2D eigenvalue weighted by Gasteiger charge is 2.07. The van der Waals surface area contributed by atoms with Gasteiger partial charge in [0.15, 0.2) is 5.13 Å². The molecule has 0 spiro atoms. The monoisotopic (exact) mass is 284 g/mol. The molecule has 2 aromatic heterocycles. The van der Waals surface area contributed by atoms with Gasteiger partial charge in [0, 0.05) is 18.7 Å². The van der Waals surface area contributed by atoms with Gasteiger partial charge in [-0.3, -0.25) is 4.79 Å². The van der Waals surface area contributed by atoms with Crippen molar-refractivity contribution in [3.8, 4) is 11.3 Å². The fourth-order valence-corrected chi connectivity index (χ4v) is 2.86. The molecular weight excluding hydrogens is 272 g/mol. The Morgan fingerprint density at radius 2 is 2.10 bits per heavy atom. The second-order valence-electron chi connectivity index (χ2n) is 4.37. The molecule has 1 N–H and O–H groups in total. The normalized spacial score (nSPS) is 10.7. The molecule has 5 nitrogen and oxygen atoms in total. The quantitative estimate of drug-likeness (QED) is 0.785. The van der Waals surface area contributed by atoms with E-state index >= 15 is 0 Å². The van der Waals surface area contributed by atoms with Crippen molar-refractivity contribution in [2.45, 2.75) is 13.8 Å². The SMILES string of the molecule is CC(=O)Nc1nc2ccc(-c3ccnc(C)n3)cc2s1. The van der Waals surface area contributed by atoms with Crippen molar-refractivity contribution in [1.82, 2.24) is 15.0 Å². The number of anilines is 1. The lowest BCUT2D eigenvalue weighted by Crippen LogP contribution is -2.04. The number of aryl methyl sites for hydroxylation is 1. The molecule has 0 bridgehead atoms. The zero-order chi connectivity index (χ0) is 14.1.